The van der Waals surface area contributed by atoms with Gasteiger partial charge in [0.2, 0.25) is 0 Å². The Balaban J connectivity index is 2.72. The van der Waals surface area contributed by atoms with E-state index in [4.69, 9.17) is 16.7 Å². The molecule has 0 fully saturated rings. The van der Waals surface area contributed by atoms with Crippen LogP contribution >= 0.6 is 11.6 Å². The minimum atomic E-state index is -0.264. The van der Waals surface area contributed by atoms with Crippen LogP contribution in [0.15, 0.2) is 18.2 Å². The molecule has 3 nitrogen and oxygen atoms in total. The second-order valence-corrected chi connectivity index (χ2v) is 3.18. The van der Waals surface area contributed by atoms with E-state index in [-0.39, 0.29) is 16.7 Å². The van der Waals surface area contributed by atoms with Gasteiger partial charge in [-0.3, -0.25) is 4.79 Å². The molecule has 0 spiro atoms. The van der Waals surface area contributed by atoms with Gasteiger partial charge in [-0.2, -0.15) is 0 Å². The molecule has 0 bridgehead atoms. The molecular weight excluding hydrogens is 214 g/mol. The Hall–Kier alpha value is -1.66. The van der Waals surface area contributed by atoms with Crippen LogP contribution in [0.1, 0.15) is 17.3 Å². The number of halogens is 1. The largest absolute Gasteiger partial charge is 0.506 e. The van der Waals surface area contributed by atoms with Gasteiger partial charge in [0.1, 0.15) is 5.75 Å². The van der Waals surface area contributed by atoms with E-state index in [1.165, 1.54) is 18.2 Å². The number of phenols is 1. The van der Waals surface area contributed by atoms with Crippen LogP contribution < -0.4 is 5.32 Å². The highest BCUT2D eigenvalue weighted by Crippen LogP contribution is 2.23. The van der Waals surface area contributed by atoms with Crippen molar-refractivity contribution in [3.05, 3.63) is 28.8 Å². The average Bonchev–Trinajstić information content (AvgIpc) is 2.22. The molecule has 15 heavy (non-hydrogen) atoms. The lowest BCUT2D eigenvalue weighted by Gasteiger charge is -2.02. The predicted molar refractivity (Wildman–Crippen MR) is 58.9 cm³/mol. The summed E-state index contributed by atoms with van der Waals surface area (Å²) in [6.45, 7) is 2.00. The first-order chi connectivity index (χ1) is 7.15. The molecule has 1 aromatic rings. The van der Waals surface area contributed by atoms with Crippen LogP contribution in [-0.4, -0.2) is 17.6 Å². The van der Waals surface area contributed by atoms with Gasteiger partial charge >= 0.3 is 0 Å². The zero-order valence-corrected chi connectivity index (χ0v) is 8.93. The molecule has 4 heteroatoms. The monoisotopic (exact) mass is 223 g/mol. The number of hydrogen-bond donors (Lipinski definition) is 2. The number of carbonyl (C=O) groups excluding carboxylic acids is 1. The number of hydrogen-bond acceptors (Lipinski definition) is 2. The number of rotatable bonds is 2. The normalized spacial score (nSPS) is 8.93. The lowest BCUT2D eigenvalue weighted by molar-refractivity contribution is 0.0958. The second-order valence-electron chi connectivity index (χ2n) is 2.78. The molecule has 0 atom stereocenters. The summed E-state index contributed by atoms with van der Waals surface area (Å²) in [4.78, 5) is 11.5. The maximum atomic E-state index is 11.5. The third-order valence-corrected chi connectivity index (χ3v) is 2.03. The summed E-state index contributed by atoms with van der Waals surface area (Å²) in [5.74, 6) is 5.07. The lowest BCUT2D eigenvalue weighted by atomic mass is 10.2. The van der Waals surface area contributed by atoms with Gasteiger partial charge in [0, 0.05) is 5.56 Å². The standard InChI is InChI=1S/C11H10ClNO2/c1-2-3-6-13-11(15)8-4-5-10(14)9(12)7-8/h4-5,7,14H,6H2,1H3,(H,13,15). The van der Waals surface area contributed by atoms with E-state index >= 15 is 0 Å². The molecule has 1 rings (SSSR count). The van der Waals surface area contributed by atoms with Crippen molar-refractivity contribution in [1.82, 2.24) is 5.32 Å². The molecule has 78 valence electrons. The summed E-state index contributed by atoms with van der Waals surface area (Å²) >= 11 is 5.66. The third-order valence-electron chi connectivity index (χ3n) is 1.72. The number of carbonyl (C=O) groups is 1. The molecule has 0 aliphatic rings. The van der Waals surface area contributed by atoms with Crippen molar-refractivity contribution in [2.45, 2.75) is 6.92 Å². The molecule has 0 saturated heterocycles. The van der Waals surface area contributed by atoms with Crippen molar-refractivity contribution in [3.63, 3.8) is 0 Å². The summed E-state index contributed by atoms with van der Waals surface area (Å²) in [7, 11) is 0. The Morgan fingerprint density at radius 2 is 2.33 bits per heavy atom. The Kier molecular flexibility index (Phi) is 4.02. The first-order valence-corrected chi connectivity index (χ1v) is 4.69. The van der Waals surface area contributed by atoms with Crippen molar-refractivity contribution in [1.29, 1.82) is 0 Å². The van der Waals surface area contributed by atoms with Gasteiger partial charge in [0.15, 0.2) is 0 Å². The summed E-state index contributed by atoms with van der Waals surface area (Å²) in [5, 5.41) is 11.9. The highest BCUT2D eigenvalue weighted by atomic mass is 35.5. The predicted octanol–water partition coefficient (Wildman–Crippen LogP) is 1.80. The van der Waals surface area contributed by atoms with Gasteiger partial charge in [-0.05, 0) is 25.1 Å². The van der Waals surface area contributed by atoms with Crippen LogP contribution in [0.5, 0.6) is 5.75 Å². The van der Waals surface area contributed by atoms with Crippen LogP contribution in [0.2, 0.25) is 5.02 Å². The van der Waals surface area contributed by atoms with Crippen molar-refractivity contribution in [2.24, 2.45) is 0 Å². The van der Waals surface area contributed by atoms with Crippen LogP contribution in [0.3, 0.4) is 0 Å². The Morgan fingerprint density at radius 3 is 2.93 bits per heavy atom. The van der Waals surface area contributed by atoms with Gasteiger partial charge in [-0.15, -0.1) is 5.92 Å². The van der Waals surface area contributed by atoms with Crippen molar-refractivity contribution in [2.75, 3.05) is 6.54 Å². The van der Waals surface area contributed by atoms with E-state index in [9.17, 15) is 4.79 Å². The van der Waals surface area contributed by atoms with E-state index in [1.54, 1.807) is 6.92 Å². The molecular formula is C11H10ClNO2. The minimum absolute atomic E-state index is 0.0402. The fourth-order valence-corrected chi connectivity index (χ4v) is 1.14. The lowest BCUT2D eigenvalue weighted by Crippen LogP contribution is -2.23. The number of benzene rings is 1. The molecule has 0 heterocycles. The summed E-state index contributed by atoms with van der Waals surface area (Å²) in [6.07, 6.45) is 0. The summed E-state index contributed by atoms with van der Waals surface area (Å²) in [6, 6.07) is 4.28. The maximum absolute atomic E-state index is 11.5. The molecule has 0 aliphatic heterocycles. The molecule has 1 amide bonds. The molecule has 0 saturated carbocycles. The second kappa shape index (κ2) is 5.28. The van der Waals surface area contributed by atoms with E-state index in [1.807, 2.05) is 0 Å². The number of nitrogens with one attached hydrogen (secondary N) is 1. The van der Waals surface area contributed by atoms with E-state index in [2.05, 4.69) is 17.2 Å². The van der Waals surface area contributed by atoms with Crippen molar-refractivity contribution < 1.29 is 9.90 Å². The Morgan fingerprint density at radius 1 is 1.60 bits per heavy atom. The average molecular weight is 224 g/mol. The molecule has 0 aromatic heterocycles. The maximum Gasteiger partial charge on any atom is 0.252 e. The zero-order valence-electron chi connectivity index (χ0n) is 8.17. The first-order valence-electron chi connectivity index (χ1n) is 4.31. The first kappa shape index (κ1) is 11.4. The van der Waals surface area contributed by atoms with Gasteiger partial charge in [-0.1, -0.05) is 17.5 Å². The SMILES string of the molecule is CC#CCNC(=O)c1ccc(O)c(Cl)c1. The van der Waals surface area contributed by atoms with Crippen LogP contribution in [-0.2, 0) is 0 Å². The van der Waals surface area contributed by atoms with E-state index in [0.29, 0.717) is 12.1 Å². The summed E-state index contributed by atoms with van der Waals surface area (Å²) < 4.78 is 0. The fourth-order valence-electron chi connectivity index (χ4n) is 0.963. The molecule has 2 N–H and O–H groups in total. The van der Waals surface area contributed by atoms with Gasteiger partial charge in [0.05, 0.1) is 11.6 Å². The number of amides is 1. The highest BCUT2D eigenvalue weighted by molar-refractivity contribution is 6.32. The molecule has 0 aliphatic carbocycles. The molecule has 0 radical (unpaired) electrons. The Bertz CT molecular complexity index is 432. The van der Waals surface area contributed by atoms with E-state index < -0.39 is 0 Å². The van der Waals surface area contributed by atoms with Gasteiger partial charge in [-0.25, -0.2) is 0 Å². The highest BCUT2D eigenvalue weighted by Gasteiger charge is 2.06. The van der Waals surface area contributed by atoms with Gasteiger partial charge in [0.25, 0.3) is 5.91 Å². The van der Waals surface area contributed by atoms with E-state index in [0.717, 1.165) is 0 Å². The third kappa shape index (κ3) is 3.19. The molecule has 0 unspecified atom stereocenters. The van der Waals surface area contributed by atoms with Crippen molar-refractivity contribution in [3.8, 4) is 17.6 Å². The smallest absolute Gasteiger partial charge is 0.252 e. The van der Waals surface area contributed by atoms with Crippen LogP contribution in [0.4, 0.5) is 0 Å². The van der Waals surface area contributed by atoms with Crippen LogP contribution in [0.25, 0.3) is 0 Å². The molecule has 1 aromatic carbocycles. The quantitative estimate of drug-likeness (QED) is 0.752. The zero-order chi connectivity index (χ0) is 11.3. The summed E-state index contributed by atoms with van der Waals surface area (Å²) in [5.41, 5.74) is 0.399. The minimum Gasteiger partial charge on any atom is -0.506 e. The van der Waals surface area contributed by atoms with Gasteiger partial charge < -0.3 is 10.4 Å². The Labute approximate surface area is 93.1 Å². The topological polar surface area (TPSA) is 49.3 Å². The van der Waals surface area contributed by atoms with Crippen LogP contribution in [0, 0.1) is 11.8 Å². The fraction of sp³-hybridized carbons (Fsp3) is 0.182. The van der Waals surface area contributed by atoms with Crippen molar-refractivity contribution >= 4 is 17.5 Å². The number of aromatic hydroxyl groups is 1. The number of phenolic OH excluding ortho intramolecular Hbond substituents is 1.